The smallest absolute Gasteiger partial charge is 0.267 e. The molecule has 2 rings (SSSR count). The zero-order valence-electron chi connectivity index (χ0n) is 13.8. The molecule has 1 atom stereocenters. The van der Waals surface area contributed by atoms with Crippen LogP contribution in [0.5, 0.6) is 5.75 Å². The number of nitrogens with zero attached hydrogens (tertiary/aromatic N) is 2. The average Bonchev–Trinajstić information content (AvgIpc) is 2.95. The van der Waals surface area contributed by atoms with Gasteiger partial charge in [-0.15, -0.1) is 10.2 Å². The highest BCUT2D eigenvalue weighted by molar-refractivity contribution is 8.01. The van der Waals surface area contributed by atoms with Crippen LogP contribution in [0.4, 0.5) is 5.13 Å². The van der Waals surface area contributed by atoms with Crippen molar-refractivity contribution < 1.29 is 9.53 Å². The number of nitrogens with one attached hydrogen (secondary N) is 1. The minimum atomic E-state index is -0.553. The van der Waals surface area contributed by atoms with Gasteiger partial charge in [-0.3, -0.25) is 10.1 Å². The van der Waals surface area contributed by atoms with Crippen molar-refractivity contribution in [1.82, 2.24) is 10.2 Å². The Morgan fingerprint density at radius 3 is 2.74 bits per heavy atom. The van der Waals surface area contributed by atoms with Gasteiger partial charge in [0.25, 0.3) is 5.91 Å². The number of hydrogen-bond donors (Lipinski definition) is 1. The topological polar surface area (TPSA) is 64.1 Å². The predicted molar refractivity (Wildman–Crippen MR) is 95.6 cm³/mol. The molecule has 0 saturated carbocycles. The number of ether oxygens (including phenoxy) is 1. The largest absolute Gasteiger partial charge is 0.481 e. The van der Waals surface area contributed by atoms with Gasteiger partial charge in [0.2, 0.25) is 5.13 Å². The normalized spacial score (nSPS) is 12.0. The molecule has 0 aliphatic rings. The van der Waals surface area contributed by atoms with E-state index in [1.165, 1.54) is 16.9 Å². The second-order valence-corrected chi connectivity index (χ2v) is 7.54. The highest BCUT2D eigenvalue weighted by Gasteiger charge is 2.20. The molecule has 0 saturated heterocycles. The highest BCUT2D eigenvalue weighted by Crippen LogP contribution is 2.25. The first-order valence-corrected chi connectivity index (χ1v) is 9.34. The van der Waals surface area contributed by atoms with Gasteiger partial charge in [-0.25, -0.2) is 0 Å². The molecule has 1 aromatic carbocycles. The quantitative estimate of drug-likeness (QED) is 0.602. The molecule has 23 heavy (non-hydrogen) atoms. The van der Waals surface area contributed by atoms with Crippen LogP contribution < -0.4 is 10.1 Å². The van der Waals surface area contributed by atoms with Crippen LogP contribution >= 0.6 is 23.1 Å². The van der Waals surface area contributed by atoms with E-state index in [0.717, 1.165) is 15.7 Å². The van der Waals surface area contributed by atoms with Crippen molar-refractivity contribution in [1.29, 1.82) is 0 Å². The van der Waals surface area contributed by atoms with Gasteiger partial charge >= 0.3 is 0 Å². The van der Waals surface area contributed by atoms with Crippen LogP contribution in [0.2, 0.25) is 0 Å². The minimum Gasteiger partial charge on any atom is -0.481 e. The molecule has 0 bridgehead atoms. The van der Waals surface area contributed by atoms with Crippen LogP contribution in [-0.2, 0) is 4.79 Å². The van der Waals surface area contributed by atoms with Gasteiger partial charge < -0.3 is 4.74 Å². The Bertz CT molecular complexity index is 673. The Morgan fingerprint density at radius 2 is 2.09 bits per heavy atom. The molecule has 124 valence electrons. The van der Waals surface area contributed by atoms with Crippen LogP contribution in [0, 0.1) is 13.8 Å². The standard InChI is InChI=1S/C16H21N3O2S2/c1-5-13(21-12-8-7-10(3)11(4)9-12)14(20)17-15-18-19-16(23-15)22-6-2/h7-9,13H,5-6H2,1-4H3,(H,17,18,20). The van der Waals surface area contributed by atoms with E-state index in [9.17, 15) is 4.79 Å². The molecule has 0 aliphatic carbocycles. The minimum absolute atomic E-state index is 0.199. The summed E-state index contributed by atoms with van der Waals surface area (Å²) >= 11 is 2.98. The second-order valence-electron chi connectivity index (χ2n) is 5.06. The third kappa shape index (κ3) is 4.94. The first-order valence-electron chi connectivity index (χ1n) is 7.54. The summed E-state index contributed by atoms with van der Waals surface area (Å²) in [6, 6.07) is 5.83. The molecule has 2 aromatic rings. The van der Waals surface area contributed by atoms with E-state index in [1.54, 1.807) is 11.8 Å². The zero-order valence-corrected chi connectivity index (χ0v) is 15.4. The Balaban J connectivity index is 2.01. The third-order valence-corrected chi connectivity index (χ3v) is 5.18. The first kappa shape index (κ1) is 17.7. The number of aryl methyl sites for hydroxylation is 2. The lowest BCUT2D eigenvalue weighted by atomic mass is 10.1. The number of anilines is 1. The Labute approximate surface area is 144 Å². The van der Waals surface area contributed by atoms with Crippen LogP contribution in [0.25, 0.3) is 0 Å². The molecule has 0 fully saturated rings. The Kier molecular flexibility index (Phi) is 6.41. The number of thioether (sulfide) groups is 1. The summed E-state index contributed by atoms with van der Waals surface area (Å²) in [5.74, 6) is 1.43. The summed E-state index contributed by atoms with van der Waals surface area (Å²) in [7, 11) is 0. The number of benzene rings is 1. The van der Waals surface area contributed by atoms with E-state index in [1.807, 2.05) is 39.0 Å². The number of rotatable bonds is 7. The maximum absolute atomic E-state index is 12.4. The molecule has 1 heterocycles. The molecule has 1 aromatic heterocycles. The number of carbonyl (C=O) groups excluding carboxylic acids is 1. The molecule has 5 nitrogen and oxygen atoms in total. The fourth-order valence-corrected chi connectivity index (χ4v) is 3.55. The van der Waals surface area contributed by atoms with Crippen molar-refractivity contribution >= 4 is 34.1 Å². The number of amides is 1. The van der Waals surface area contributed by atoms with Gasteiger partial charge in [0.15, 0.2) is 10.4 Å². The summed E-state index contributed by atoms with van der Waals surface area (Å²) in [5.41, 5.74) is 2.34. The number of aromatic nitrogens is 2. The van der Waals surface area contributed by atoms with Crippen LogP contribution in [0.1, 0.15) is 31.4 Å². The monoisotopic (exact) mass is 351 g/mol. The molecule has 1 amide bonds. The molecule has 0 radical (unpaired) electrons. The summed E-state index contributed by atoms with van der Waals surface area (Å²) in [6.45, 7) is 8.04. The van der Waals surface area contributed by atoms with Crippen LogP contribution in [-0.4, -0.2) is 28.0 Å². The van der Waals surface area contributed by atoms with E-state index in [4.69, 9.17) is 4.74 Å². The molecule has 0 spiro atoms. The highest BCUT2D eigenvalue weighted by atomic mass is 32.2. The third-order valence-electron chi connectivity index (χ3n) is 3.32. The van der Waals surface area contributed by atoms with Crippen molar-refractivity contribution in [2.45, 2.75) is 44.6 Å². The fourth-order valence-electron chi connectivity index (χ4n) is 1.90. The summed E-state index contributed by atoms with van der Waals surface area (Å²) in [5, 5.41) is 11.3. The summed E-state index contributed by atoms with van der Waals surface area (Å²) < 4.78 is 6.68. The van der Waals surface area contributed by atoms with Crippen LogP contribution in [0.3, 0.4) is 0 Å². The van der Waals surface area contributed by atoms with Crippen LogP contribution in [0.15, 0.2) is 22.5 Å². The fraction of sp³-hybridized carbons (Fsp3) is 0.438. The molecule has 1 N–H and O–H groups in total. The van der Waals surface area contributed by atoms with Gasteiger partial charge in [-0.2, -0.15) is 0 Å². The van der Waals surface area contributed by atoms with E-state index in [-0.39, 0.29) is 5.91 Å². The molecule has 0 aliphatic heterocycles. The van der Waals surface area contributed by atoms with E-state index >= 15 is 0 Å². The molecule has 1 unspecified atom stereocenters. The van der Waals surface area contributed by atoms with E-state index < -0.39 is 6.10 Å². The number of carbonyl (C=O) groups is 1. The van der Waals surface area contributed by atoms with Gasteiger partial charge in [-0.05, 0) is 49.3 Å². The lowest BCUT2D eigenvalue weighted by Gasteiger charge is -2.17. The van der Waals surface area contributed by atoms with Crippen molar-refractivity contribution in [2.24, 2.45) is 0 Å². The molecule has 7 heteroatoms. The van der Waals surface area contributed by atoms with Gasteiger partial charge in [0, 0.05) is 0 Å². The average molecular weight is 351 g/mol. The SMILES string of the molecule is CCSc1nnc(NC(=O)C(CC)Oc2ccc(C)c(C)c2)s1. The van der Waals surface area contributed by atoms with Crippen molar-refractivity contribution in [2.75, 3.05) is 11.1 Å². The first-order chi connectivity index (χ1) is 11.0. The zero-order chi connectivity index (χ0) is 16.8. The van der Waals surface area contributed by atoms with Crippen molar-refractivity contribution in [3.63, 3.8) is 0 Å². The lowest BCUT2D eigenvalue weighted by Crippen LogP contribution is -2.32. The summed E-state index contributed by atoms with van der Waals surface area (Å²) in [6.07, 6.45) is 0.0250. The number of hydrogen-bond acceptors (Lipinski definition) is 6. The van der Waals surface area contributed by atoms with Crippen molar-refractivity contribution in [3.8, 4) is 5.75 Å². The van der Waals surface area contributed by atoms with E-state index in [2.05, 4.69) is 22.4 Å². The maximum atomic E-state index is 12.4. The lowest BCUT2D eigenvalue weighted by molar-refractivity contribution is -0.122. The predicted octanol–water partition coefficient (Wildman–Crippen LogP) is 4.06. The Hall–Kier alpha value is -1.60. The van der Waals surface area contributed by atoms with E-state index in [0.29, 0.717) is 17.3 Å². The molecular weight excluding hydrogens is 330 g/mol. The van der Waals surface area contributed by atoms with Gasteiger partial charge in [-0.1, -0.05) is 43.0 Å². The van der Waals surface area contributed by atoms with Gasteiger partial charge in [0.05, 0.1) is 0 Å². The second kappa shape index (κ2) is 8.31. The van der Waals surface area contributed by atoms with Gasteiger partial charge in [0.1, 0.15) is 5.75 Å². The van der Waals surface area contributed by atoms with Crippen molar-refractivity contribution in [3.05, 3.63) is 29.3 Å². The Morgan fingerprint density at radius 1 is 1.30 bits per heavy atom. The summed E-state index contributed by atoms with van der Waals surface area (Å²) in [4.78, 5) is 12.4. The maximum Gasteiger partial charge on any atom is 0.267 e. The molecular formula is C16H21N3O2S2.